The Morgan fingerprint density at radius 2 is 1.61 bits per heavy atom. The van der Waals surface area contributed by atoms with Gasteiger partial charge in [0.1, 0.15) is 5.82 Å². The Bertz CT molecular complexity index is 403. The first kappa shape index (κ1) is 15.1. The van der Waals surface area contributed by atoms with Gasteiger partial charge in [-0.05, 0) is 32.5 Å². The van der Waals surface area contributed by atoms with E-state index in [1.165, 1.54) is 17.0 Å². The molecule has 18 heavy (non-hydrogen) atoms. The second-order valence-electron chi connectivity index (χ2n) is 6.11. The molecule has 0 unspecified atom stereocenters. The van der Waals surface area contributed by atoms with E-state index in [9.17, 15) is 0 Å². The molecule has 0 aliphatic heterocycles. The molecular formula is C15H27N3. The van der Waals surface area contributed by atoms with Gasteiger partial charge in [0.25, 0.3) is 0 Å². The number of rotatable bonds is 4. The van der Waals surface area contributed by atoms with Crippen LogP contribution in [0.3, 0.4) is 0 Å². The molecule has 0 bridgehead atoms. The summed E-state index contributed by atoms with van der Waals surface area (Å²) in [6.07, 6.45) is 1.99. The summed E-state index contributed by atoms with van der Waals surface area (Å²) in [6, 6.07) is 0. The summed E-state index contributed by atoms with van der Waals surface area (Å²) in [5.41, 5.74) is 3.86. The molecule has 0 atom stereocenters. The molecule has 0 N–H and O–H groups in total. The van der Waals surface area contributed by atoms with E-state index in [0.717, 1.165) is 25.2 Å². The first-order chi connectivity index (χ1) is 8.29. The van der Waals surface area contributed by atoms with Crippen LogP contribution in [0, 0.1) is 0 Å². The second kappa shape index (κ2) is 5.79. The van der Waals surface area contributed by atoms with Crippen LogP contribution in [0.4, 0.5) is 0 Å². The Balaban J connectivity index is 3.36. The highest BCUT2D eigenvalue weighted by Gasteiger charge is 2.22. The van der Waals surface area contributed by atoms with Crippen molar-refractivity contribution in [1.82, 2.24) is 14.9 Å². The van der Waals surface area contributed by atoms with Crippen LogP contribution in [0.2, 0.25) is 0 Å². The molecule has 0 fully saturated rings. The van der Waals surface area contributed by atoms with Crippen molar-refractivity contribution in [3.05, 3.63) is 22.8 Å². The topological polar surface area (TPSA) is 29.0 Å². The van der Waals surface area contributed by atoms with Gasteiger partial charge in [-0.1, -0.05) is 34.6 Å². The highest BCUT2D eigenvalue weighted by molar-refractivity contribution is 5.31. The monoisotopic (exact) mass is 249 g/mol. The third-order valence-electron chi connectivity index (χ3n) is 3.00. The van der Waals surface area contributed by atoms with Crippen molar-refractivity contribution in [3.8, 4) is 0 Å². The number of hydrogen-bond acceptors (Lipinski definition) is 3. The molecule has 0 aliphatic carbocycles. The quantitative estimate of drug-likeness (QED) is 0.821. The van der Waals surface area contributed by atoms with E-state index in [0.29, 0.717) is 0 Å². The summed E-state index contributed by atoms with van der Waals surface area (Å²) < 4.78 is 0. The highest BCUT2D eigenvalue weighted by Crippen LogP contribution is 2.26. The number of hydrogen-bond donors (Lipinski definition) is 0. The molecule has 0 aliphatic rings. The Labute approximate surface area is 112 Å². The third kappa shape index (κ3) is 3.52. The largest absolute Gasteiger partial charge is 0.302 e. The molecule has 0 amide bonds. The summed E-state index contributed by atoms with van der Waals surface area (Å²) >= 11 is 0. The van der Waals surface area contributed by atoms with Crippen LogP contribution >= 0.6 is 0 Å². The van der Waals surface area contributed by atoms with Gasteiger partial charge >= 0.3 is 0 Å². The molecule has 0 aromatic carbocycles. The number of nitrogens with zero attached hydrogens (tertiary/aromatic N) is 3. The van der Waals surface area contributed by atoms with Crippen molar-refractivity contribution in [2.75, 3.05) is 14.1 Å². The van der Waals surface area contributed by atoms with Crippen LogP contribution < -0.4 is 0 Å². The van der Waals surface area contributed by atoms with Gasteiger partial charge in [-0.3, -0.25) is 0 Å². The van der Waals surface area contributed by atoms with E-state index < -0.39 is 0 Å². The fraction of sp³-hybridized carbons (Fsp3) is 0.733. The molecule has 1 rings (SSSR count). The van der Waals surface area contributed by atoms with Gasteiger partial charge in [-0.2, -0.15) is 0 Å². The van der Waals surface area contributed by atoms with Gasteiger partial charge in [-0.15, -0.1) is 0 Å². The van der Waals surface area contributed by atoms with Gasteiger partial charge < -0.3 is 4.90 Å². The smallest absolute Gasteiger partial charge is 0.142 e. The van der Waals surface area contributed by atoms with Crippen molar-refractivity contribution in [3.63, 3.8) is 0 Å². The SMILES string of the molecule is CCc1nc(CN(C)C)nc(C(C)(C)C)c1CC. The predicted octanol–water partition coefficient (Wildman–Crippen LogP) is 2.96. The molecular weight excluding hydrogens is 222 g/mol. The lowest BCUT2D eigenvalue weighted by atomic mass is 9.86. The average Bonchev–Trinajstić information content (AvgIpc) is 2.25. The van der Waals surface area contributed by atoms with E-state index in [2.05, 4.69) is 53.6 Å². The fourth-order valence-electron chi connectivity index (χ4n) is 2.22. The first-order valence-electron chi connectivity index (χ1n) is 6.83. The molecule has 0 saturated heterocycles. The minimum absolute atomic E-state index is 0.0826. The summed E-state index contributed by atoms with van der Waals surface area (Å²) in [4.78, 5) is 11.7. The van der Waals surface area contributed by atoms with Gasteiger partial charge in [0.2, 0.25) is 0 Å². The van der Waals surface area contributed by atoms with Crippen molar-refractivity contribution >= 4 is 0 Å². The Hall–Kier alpha value is -0.960. The van der Waals surface area contributed by atoms with Crippen LogP contribution in [-0.4, -0.2) is 29.0 Å². The second-order valence-corrected chi connectivity index (χ2v) is 6.11. The predicted molar refractivity (Wildman–Crippen MR) is 76.9 cm³/mol. The minimum atomic E-state index is 0.0826. The number of aromatic nitrogens is 2. The molecule has 102 valence electrons. The van der Waals surface area contributed by atoms with Gasteiger partial charge in [0.05, 0.1) is 12.2 Å². The molecule has 0 saturated carbocycles. The maximum atomic E-state index is 4.81. The first-order valence-corrected chi connectivity index (χ1v) is 6.83. The van der Waals surface area contributed by atoms with Crippen molar-refractivity contribution in [1.29, 1.82) is 0 Å². The fourth-order valence-corrected chi connectivity index (χ4v) is 2.22. The zero-order valence-corrected chi connectivity index (χ0v) is 13.0. The molecule has 0 spiro atoms. The van der Waals surface area contributed by atoms with Crippen LogP contribution in [0.25, 0.3) is 0 Å². The molecule has 1 aromatic heterocycles. The third-order valence-corrected chi connectivity index (χ3v) is 3.00. The zero-order chi connectivity index (χ0) is 13.9. The molecule has 1 aromatic rings. The Kier molecular flexibility index (Phi) is 4.85. The Morgan fingerprint density at radius 1 is 1.00 bits per heavy atom. The van der Waals surface area contributed by atoms with Crippen molar-refractivity contribution in [2.45, 2.75) is 59.4 Å². The average molecular weight is 249 g/mol. The van der Waals surface area contributed by atoms with E-state index in [-0.39, 0.29) is 5.41 Å². The van der Waals surface area contributed by atoms with E-state index >= 15 is 0 Å². The summed E-state index contributed by atoms with van der Waals surface area (Å²) in [6.45, 7) is 11.9. The zero-order valence-electron chi connectivity index (χ0n) is 13.0. The standard InChI is InChI=1S/C15H27N3/c1-8-11-12(9-2)16-13(10-18(6)7)17-14(11)15(3,4)5/h8-10H2,1-7H3. The maximum Gasteiger partial charge on any atom is 0.142 e. The van der Waals surface area contributed by atoms with Gasteiger partial charge in [0.15, 0.2) is 0 Å². The van der Waals surface area contributed by atoms with Gasteiger partial charge in [-0.25, -0.2) is 9.97 Å². The highest BCUT2D eigenvalue weighted by atomic mass is 15.1. The number of aryl methyl sites for hydroxylation is 1. The Morgan fingerprint density at radius 3 is 2.00 bits per heavy atom. The molecule has 1 heterocycles. The van der Waals surface area contributed by atoms with E-state index in [4.69, 9.17) is 9.97 Å². The van der Waals surface area contributed by atoms with Crippen LogP contribution in [0.15, 0.2) is 0 Å². The normalized spacial score (nSPS) is 12.2. The van der Waals surface area contributed by atoms with Crippen LogP contribution in [0.5, 0.6) is 0 Å². The van der Waals surface area contributed by atoms with Crippen LogP contribution in [-0.2, 0) is 24.8 Å². The van der Waals surface area contributed by atoms with Crippen molar-refractivity contribution in [2.24, 2.45) is 0 Å². The van der Waals surface area contributed by atoms with E-state index in [1.54, 1.807) is 0 Å². The summed E-state index contributed by atoms with van der Waals surface area (Å²) in [5.74, 6) is 0.943. The lowest BCUT2D eigenvalue weighted by molar-refractivity contribution is 0.386. The van der Waals surface area contributed by atoms with Crippen LogP contribution in [0.1, 0.15) is 57.4 Å². The van der Waals surface area contributed by atoms with Gasteiger partial charge in [0, 0.05) is 11.1 Å². The van der Waals surface area contributed by atoms with E-state index in [1.807, 2.05) is 0 Å². The molecule has 3 nitrogen and oxygen atoms in total. The minimum Gasteiger partial charge on any atom is -0.302 e. The van der Waals surface area contributed by atoms with Crippen molar-refractivity contribution < 1.29 is 0 Å². The summed E-state index contributed by atoms with van der Waals surface area (Å²) in [7, 11) is 4.11. The summed E-state index contributed by atoms with van der Waals surface area (Å²) in [5, 5.41) is 0. The maximum absolute atomic E-state index is 4.81. The lowest BCUT2D eigenvalue weighted by Crippen LogP contribution is -2.23. The molecule has 3 heteroatoms. The molecule has 0 radical (unpaired) electrons. The lowest BCUT2D eigenvalue weighted by Gasteiger charge is -2.24.